The quantitative estimate of drug-likeness (QED) is 0.267. The summed E-state index contributed by atoms with van der Waals surface area (Å²) in [5.74, 6) is 0.425. The maximum atomic E-state index is 12.7. The fraction of sp³-hybridized carbons (Fsp3) is 0.150. The first-order valence-corrected chi connectivity index (χ1v) is 9.86. The second-order valence-corrected chi connectivity index (χ2v) is 7.13. The highest BCUT2D eigenvalue weighted by Crippen LogP contribution is 2.43. The van der Waals surface area contributed by atoms with Crippen LogP contribution in [-0.4, -0.2) is 47.0 Å². The van der Waals surface area contributed by atoms with Gasteiger partial charge in [0.15, 0.2) is 11.5 Å². The largest absolute Gasteiger partial charge is 0.504 e. The highest BCUT2D eigenvalue weighted by Gasteiger charge is 2.35. The van der Waals surface area contributed by atoms with Crippen molar-refractivity contribution < 1.29 is 14.8 Å². The predicted octanol–water partition coefficient (Wildman–Crippen LogP) is 2.13. The van der Waals surface area contributed by atoms with E-state index in [4.69, 9.17) is 4.74 Å². The summed E-state index contributed by atoms with van der Waals surface area (Å²) >= 11 is 0. The minimum atomic E-state index is -0.741. The van der Waals surface area contributed by atoms with E-state index in [1.54, 1.807) is 25.1 Å². The van der Waals surface area contributed by atoms with Crippen molar-refractivity contribution >= 4 is 17.3 Å². The Morgan fingerprint density at radius 3 is 2.91 bits per heavy atom. The number of aromatic amines is 1. The number of non-ortho nitro benzene ring substituents is 1. The Morgan fingerprint density at radius 2 is 2.12 bits per heavy atom. The van der Waals surface area contributed by atoms with Crippen LogP contribution in [0.15, 0.2) is 47.3 Å². The van der Waals surface area contributed by atoms with Crippen molar-refractivity contribution in [2.75, 3.05) is 11.9 Å². The first-order chi connectivity index (χ1) is 16.0. The molecule has 0 saturated carbocycles. The van der Waals surface area contributed by atoms with Gasteiger partial charge >= 0.3 is 0 Å². The van der Waals surface area contributed by atoms with Gasteiger partial charge in [-0.3, -0.25) is 14.9 Å². The summed E-state index contributed by atoms with van der Waals surface area (Å²) < 4.78 is 6.99. The maximum absolute atomic E-state index is 12.7. The number of nitrogens with zero attached hydrogens (tertiary/aromatic N) is 6. The first-order valence-electron chi connectivity index (χ1n) is 9.86. The van der Waals surface area contributed by atoms with Crippen LogP contribution in [0.25, 0.3) is 11.3 Å². The van der Waals surface area contributed by atoms with E-state index in [1.165, 1.54) is 28.9 Å². The summed E-state index contributed by atoms with van der Waals surface area (Å²) in [5.41, 5.74) is 1.26. The minimum absolute atomic E-state index is 0.0466. The lowest BCUT2D eigenvalue weighted by atomic mass is 9.92. The number of tetrazole rings is 1. The van der Waals surface area contributed by atoms with Gasteiger partial charge in [0.25, 0.3) is 11.2 Å². The summed E-state index contributed by atoms with van der Waals surface area (Å²) in [4.78, 5) is 23.5. The first kappa shape index (κ1) is 20.1. The van der Waals surface area contributed by atoms with Crippen LogP contribution in [0.2, 0.25) is 0 Å². The number of nitrogens with one attached hydrogen (secondary N) is 2. The van der Waals surface area contributed by atoms with Crippen LogP contribution in [0.5, 0.6) is 11.5 Å². The van der Waals surface area contributed by atoms with E-state index in [2.05, 4.69) is 31.0 Å². The van der Waals surface area contributed by atoms with Gasteiger partial charge in [-0.2, -0.15) is 9.78 Å². The summed E-state index contributed by atoms with van der Waals surface area (Å²) in [5, 5.41) is 42.7. The third-order valence-electron chi connectivity index (χ3n) is 5.20. The molecule has 3 N–H and O–H groups in total. The molecule has 2 aromatic carbocycles. The molecule has 0 amide bonds. The Balaban J connectivity index is 1.78. The second-order valence-electron chi connectivity index (χ2n) is 7.13. The SMILES string of the molecule is CCOc1cc([C@H]2c3c(-c4cccc([N+](=O)[O-])c4)n[nH]c(=O)c3Nc3nnnn32)ccc1O. The lowest BCUT2D eigenvalue weighted by molar-refractivity contribution is -0.384. The number of hydrogen-bond acceptors (Lipinski definition) is 10. The van der Waals surface area contributed by atoms with Crippen molar-refractivity contribution in [1.82, 2.24) is 30.4 Å². The van der Waals surface area contributed by atoms with Crippen LogP contribution in [0, 0.1) is 10.1 Å². The van der Waals surface area contributed by atoms with E-state index in [1.807, 2.05) is 0 Å². The molecule has 33 heavy (non-hydrogen) atoms. The molecular weight excluding hydrogens is 432 g/mol. The van der Waals surface area contributed by atoms with Crippen LogP contribution < -0.4 is 15.6 Å². The number of aromatic nitrogens is 6. The van der Waals surface area contributed by atoms with Crippen LogP contribution in [0.1, 0.15) is 24.1 Å². The maximum Gasteiger partial charge on any atom is 0.288 e. The van der Waals surface area contributed by atoms with Gasteiger partial charge in [-0.25, -0.2) is 5.10 Å². The van der Waals surface area contributed by atoms with Gasteiger partial charge in [-0.1, -0.05) is 23.3 Å². The second kappa shape index (κ2) is 7.71. The van der Waals surface area contributed by atoms with Gasteiger partial charge in [0.2, 0.25) is 5.95 Å². The number of nitro groups is 1. The van der Waals surface area contributed by atoms with Crippen molar-refractivity contribution in [3.63, 3.8) is 0 Å². The van der Waals surface area contributed by atoms with Crippen molar-refractivity contribution in [2.45, 2.75) is 13.0 Å². The van der Waals surface area contributed by atoms with Crippen molar-refractivity contribution in [1.29, 1.82) is 0 Å². The Hall–Kier alpha value is -4.81. The molecule has 0 saturated heterocycles. The summed E-state index contributed by atoms with van der Waals surface area (Å²) in [7, 11) is 0. The number of fused-ring (bicyclic) bond motifs is 2. The molecular formula is C20H16N8O5. The molecule has 1 aliphatic rings. The van der Waals surface area contributed by atoms with E-state index in [9.17, 15) is 20.0 Å². The normalized spacial score (nSPS) is 14.2. The van der Waals surface area contributed by atoms with E-state index >= 15 is 0 Å². The molecule has 0 radical (unpaired) electrons. The molecule has 13 heteroatoms. The van der Waals surface area contributed by atoms with Gasteiger partial charge in [0, 0.05) is 23.3 Å². The van der Waals surface area contributed by atoms with Gasteiger partial charge in [-0.05, 0) is 35.0 Å². The van der Waals surface area contributed by atoms with Gasteiger partial charge in [-0.15, -0.1) is 0 Å². The molecule has 4 aromatic rings. The van der Waals surface area contributed by atoms with Crippen molar-refractivity contribution in [3.05, 3.63) is 74.1 Å². The third kappa shape index (κ3) is 3.31. The van der Waals surface area contributed by atoms with Gasteiger partial charge in [0.1, 0.15) is 11.7 Å². The molecule has 5 rings (SSSR count). The number of nitro benzene ring substituents is 1. The molecule has 0 spiro atoms. The molecule has 13 nitrogen and oxygen atoms in total. The molecule has 166 valence electrons. The zero-order valence-corrected chi connectivity index (χ0v) is 17.1. The zero-order chi connectivity index (χ0) is 23.1. The summed E-state index contributed by atoms with van der Waals surface area (Å²) in [6.07, 6.45) is 0. The number of hydrogen-bond donors (Lipinski definition) is 3. The Bertz CT molecular complexity index is 1450. The molecule has 1 atom stereocenters. The molecule has 0 unspecified atom stereocenters. The Labute approximate surface area is 184 Å². The minimum Gasteiger partial charge on any atom is -0.504 e. The highest BCUT2D eigenvalue weighted by molar-refractivity contribution is 5.76. The third-order valence-corrected chi connectivity index (χ3v) is 5.20. The van der Waals surface area contributed by atoms with E-state index in [-0.39, 0.29) is 28.8 Å². The summed E-state index contributed by atoms with van der Waals surface area (Å²) in [6.45, 7) is 2.12. The highest BCUT2D eigenvalue weighted by atomic mass is 16.6. The molecule has 0 aliphatic carbocycles. The number of aromatic hydroxyl groups is 1. The number of anilines is 2. The van der Waals surface area contributed by atoms with Crippen LogP contribution in [0.3, 0.4) is 0 Å². The standard InChI is InChI=1S/C20H16N8O5/c1-2-33-14-9-11(6-7-13(14)29)18-15-16(10-4-3-5-12(8-10)28(31)32)22-23-19(30)17(15)21-20-24-25-26-27(18)20/h3-9,18,29H,2H2,1H3,(H,23,30)(H,21,24,26)/t18-/m0/s1. The molecule has 1 aliphatic heterocycles. The van der Waals surface area contributed by atoms with Gasteiger partial charge in [0.05, 0.1) is 17.2 Å². The number of rotatable bonds is 5. The Morgan fingerprint density at radius 1 is 1.27 bits per heavy atom. The number of phenols is 1. The van der Waals surface area contributed by atoms with Crippen molar-refractivity contribution in [3.8, 4) is 22.8 Å². The van der Waals surface area contributed by atoms with Crippen LogP contribution in [-0.2, 0) is 0 Å². The molecule has 0 bridgehead atoms. The van der Waals surface area contributed by atoms with Crippen LogP contribution >= 0.6 is 0 Å². The lowest BCUT2D eigenvalue weighted by Crippen LogP contribution is -2.29. The van der Waals surface area contributed by atoms with E-state index in [0.717, 1.165) is 0 Å². The topological polar surface area (TPSA) is 174 Å². The number of phenolic OH excluding ortho intramolecular Hbond substituents is 1. The average Bonchev–Trinajstić information content (AvgIpc) is 3.28. The predicted molar refractivity (Wildman–Crippen MR) is 115 cm³/mol. The Kier molecular flexibility index (Phi) is 4.70. The molecule has 0 fully saturated rings. The average molecular weight is 448 g/mol. The lowest BCUT2D eigenvalue weighted by Gasteiger charge is -2.28. The van der Waals surface area contributed by atoms with E-state index in [0.29, 0.717) is 29.0 Å². The van der Waals surface area contributed by atoms with Gasteiger partial charge < -0.3 is 15.2 Å². The molecule has 2 aromatic heterocycles. The fourth-order valence-electron chi connectivity index (χ4n) is 3.80. The zero-order valence-electron chi connectivity index (χ0n) is 17.1. The number of H-pyrrole nitrogens is 1. The smallest absolute Gasteiger partial charge is 0.288 e. The summed E-state index contributed by atoms with van der Waals surface area (Å²) in [6, 6.07) is 9.94. The van der Waals surface area contributed by atoms with Crippen LogP contribution in [0.4, 0.5) is 17.3 Å². The monoisotopic (exact) mass is 448 g/mol. The fourth-order valence-corrected chi connectivity index (χ4v) is 3.80. The number of benzene rings is 2. The molecule has 3 heterocycles. The van der Waals surface area contributed by atoms with E-state index < -0.39 is 16.5 Å². The number of ether oxygens (including phenoxy) is 1. The van der Waals surface area contributed by atoms with Crippen molar-refractivity contribution in [2.24, 2.45) is 0 Å².